The zero-order valence-corrected chi connectivity index (χ0v) is 12.7. The van der Waals surface area contributed by atoms with Crippen LogP contribution in [0.3, 0.4) is 0 Å². The maximum absolute atomic E-state index is 12.4. The summed E-state index contributed by atoms with van der Waals surface area (Å²) in [6, 6.07) is -0.108. The predicted molar refractivity (Wildman–Crippen MR) is 77.4 cm³/mol. The van der Waals surface area contributed by atoms with E-state index in [0.717, 1.165) is 18.5 Å². The van der Waals surface area contributed by atoms with Crippen LogP contribution in [0.1, 0.15) is 33.6 Å². The molecule has 2 unspecified atom stereocenters. The molecule has 0 aromatic carbocycles. The molecule has 1 saturated heterocycles. The number of hydrogen-bond acceptors (Lipinski definition) is 5. The van der Waals surface area contributed by atoms with E-state index in [9.17, 15) is 4.79 Å². The van der Waals surface area contributed by atoms with Crippen molar-refractivity contribution >= 4 is 11.7 Å². The number of aromatic nitrogens is 2. The van der Waals surface area contributed by atoms with Gasteiger partial charge in [-0.25, -0.2) is 4.79 Å². The van der Waals surface area contributed by atoms with Crippen LogP contribution >= 0.6 is 0 Å². The Kier molecular flexibility index (Phi) is 4.04. The number of rotatable bonds is 3. The highest BCUT2D eigenvalue weighted by molar-refractivity contribution is 5.81. The lowest BCUT2D eigenvalue weighted by Crippen LogP contribution is -2.46. The lowest BCUT2D eigenvalue weighted by atomic mass is 10.1. The van der Waals surface area contributed by atoms with Gasteiger partial charge in [-0.2, -0.15) is 5.10 Å². The summed E-state index contributed by atoms with van der Waals surface area (Å²) in [5.74, 6) is -0.183. The minimum atomic E-state index is -0.474. The van der Waals surface area contributed by atoms with Crippen molar-refractivity contribution in [3.63, 3.8) is 0 Å². The van der Waals surface area contributed by atoms with Crippen molar-refractivity contribution in [2.24, 2.45) is 12.8 Å². The smallest absolute Gasteiger partial charge is 0.329 e. The molecule has 2 N–H and O–H groups in total. The van der Waals surface area contributed by atoms with Gasteiger partial charge in [-0.3, -0.25) is 4.68 Å². The fourth-order valence-electron chi connectivity index (χ4n) is 2.65. The third-order valence-corrected chi connectivity index (χ3v) is 3.44. The Morgan fingerprint density at radius 1 is 1.50 bits per heavy atom. The number of carbonyl (C=O) groups is 1. The third kappa shape index (κ3) is 3.12. The largest absolute Gasteiger partial charge is 0.458 e. The van der Waals surface area contributed by atoms with Crippen LogP contribution in [0.4, 0.5) is 5.69 Å². The summed E-state index contributed by atoms with van der Waals surface area (Å²) in [7, 11) is 1.86. The molecule has 1 fully saturated rings. The molecule has 6 heteroatoms. The van der Waals surface area contributed by atoms with E-state index >= 15 is 0 Å². The summed E-state index contributed by atoms with van der Waals surface area (Å²) in [4.78, 5) is 14.4. The van der Waals surface area contributed by atoms with Crippen LogP contribution < -0.4 is 10.6 Å². The van der Waals surface area contributed by atoms with E-state index in [-0.39, 0.29) is 18.1 Å². The summed E-state index contributed by atoms with van der Waals surface area (Å²) in [6.45, 7) is 6.17. The standard InChI is InChI=1S/C14H24N4O2/c1-14(2,3)20-13(19)12-6-5-10(7-15)18(12)11-8-16-17(4)9-11/h8-10,12H,5-7,15H2,1-4H3. The van der Waals surface area contributed by atoms with Gasteiger partial charge in [0, 0.05) is 25.8 Å². The number of ether oxygens (including phenoxy) is 1. The summed E-state index contributed by atoms with van der Waals surface area (Å²) >= 11 is 0. The Morgan fingerprint density at radius 3 is 2.70 bits per heavy atom. The molecule has 2 atom stereocenters. The summed E-state index contributed by atoms with van der Waals surface area (Å²) in [5.41, 5.74) is 6.29. The van der Waals surface area contributed by atoms with Gasteiger partial charge in [0.25, 0.3) is 0 Å². The minimum Gasteiger partial charge on any atom is -0.458 e. The average molecular weight is 280 g/mol. The Morgan fingerprint density at radius 2 is 2.20 bits per heavy atom. The van der Waals surface area contributed by atoms with Crippen LogP contribution in [-0.2, 0) is 16.6 Å². The molecule has 0 saturated carbocycles. The van der Waals surface area contributed by atoms with Gasteiger partial charge in [0.15, 0.2) is 0 Å². The number of carbonyl (C=O) groups excluding carboxylic acids is 1. The molecule has 2 rings (SSSR count). The second-order valence-corrected chi connectivity index (χ2v) is 6.30. The highest BCUT2D eigenvalue weighted by Crippen LogP contribution is 2.31. The van der Waals surface area contributed by atoms with Gasteiger partial charge in [0.2, 0.25) is 0 Å². The summed E-state index contributed by atoms with van der Waals surface area (Å²) in [6.07, 6.45) is 5.34. The molecule has 0 spiro atoms. The van der Waals surface area contributed by atoms with Crippen molar-refractivity contribution in [3.05, 3.63) is 12.4 Å². The first-order valence-electron chi connectivity index (χ1n) is 7.02. The first-order valence-corrected chi connectivity index (χ1v) is 7.02. The quantitative estimate of drug-likeness (QED) is 0.838. The Labute approximate surface area is 119 Å². The van der Waals surface area contributed by atoms with Gasteiger partial charge in [-0.15, -0.1) is 0 Å². The zero-order valence-electron chi connectivity index (χ0n) is 12.7. The first kappa shape index (κ1) is 14.8. The molecule has 0 amide bonds. The zero-order chi connectivity index (χ0) is 14.9. The highest BCUT2D eigenvalue weighted by Gasteiger charge is 2.40. The van der Waals surface area contributed by atoms with Crippen LogP contribution in [0.5, 0.6) is 0 Å². The van der Waals surface area contributed by atoms with E-state index in [4.69, 9.17) is 10.5 Å². The maximum Gasteiger partial charge on any atom is 0.329 e. The van der Waals surface area contributed by atoms with Gasteiger partial charge < -0.3 is 15.4 Å². The van der Waals surface area contributed by atoms with Crippen molar-refractivity contribution < 1.29 is 9.53 Å². The third-order valence-electron chi connectivity index (χ3n) is 3.44. The van der Waals surface area contributed by atoms with E-state index in [0.29, 0.717) is 6.54 Å². The SMILES string of the molecule is Cn1cc(N2C(CN)CCC2C(=O)OC(C)(C)C)cn1. The molecule has 1 aliphatic heterocycles. The summed E-state index contributed by atoms with van der Waals surface area (Å²) in [5, 5.41) is 4.18. The Bertz CT molecular complexity index is 478. The van der Waals surface area contributed by atoms with E-state index in [1.54, 1.807) is 10.9 Å². The van der Waals surface area contributed by atoms with Crippen molar-refractivity contribution in [1.29, 1.82) is 0 Å². The van der Waals surface area contributed by atoms with Gasteiger partial charge in [0.05, 0.1) is 11.9 Å². The fraction of sp³-hybridized carbons (Fsp3) is 0.714. The fourth-order valence-corrected chi connectivity index (χ4v) is 2.65. The van der Waals surface area contributed by atoms with E-state index in [1.165, 1.54) is 0 Å². The van der Waals surface area contributed by atoms with Gasteiger partial charge in [-0.1, -0.05) is 0 Å². The molecular formula is C14H24N4O2. The Hall–Kier alpha value is -1.56. The molecule has 6 nitrogen and oxygen atoms in total. The molecular weight excluding hydrogens is 256 g/mol. The van der Waals surface area contributed by atoms with Crippen LogP contribution in [0, 0.1) is 0 Å². The van der Waals surface area contributed by atoms with Crippen molar-refractivity contribution in [3.8, 4) is 0 Å². The molecule has 1 aromatic heterocycles. The lowest BCUT2D eigenvalue weighted by Gasteiger charge is -2.31. The van der Waals surface area contributed by atoms with Gasteiger partial charge >= 0.3 is 5.97 Å². The first-order chi connectivity index (χ1) is 9.31. The number of nitrogens with zero attached hydrogens (tertiary/aromatic N) is 3. The predicted octanol–water partition coefficient (Wildman–Crippen LogP) is 1.06. The molecule has 1 aliphatic rings. The second kappa shape index (κ2) is 5.44. The molecule has 2 heterocycles. The van der Waals surface area contributed by atoms with E-state index in [2.05, 4.69) is 10.00 Å². The maximum atomic E-state index is 12.4. The Balaban J connectivity index is 2.21. The average Bonchev–Trinajstić information content (AvgIpc) is 2.91. The number of esters is 1. The van der Waals surface area contributed by atoms with Crippen LogP contribution in [0.15, 0.2) is 12.4 Å². The summed E-state index contributed by atoms with van der Waals surface area (Å²) < 4.78 is 7.25. The number of nitrogens with two attached hydrogens (primary N) is 1. The van der Waals surface area contributed by atoms with Crippen LogP contribution in [0.25, 0.3) is 0 Å². The second-order valence-electron chi connectivity index (χ2n) is 6.30. The minimum absolute atomic E-state index is 0.164. The highest BCUT2D eigenvalue weighted by atomic mass is 16.6. The normalized spacial score (nSPS) is 23.1. The molecule has 0 radical (unpaired) electrons. The van der Waals surface area contributed by atoms with Crippen molar-refractivity contribution in [2.45, 2.75) is 51.3 Å². The molecule has 112 valence electrons. The van der Waals surface area contributed by atoms with E-state index in [1.807, 2.05) is 34.0 Å². The monoisotopic (exact) mass is 280 g/mol. The molecule has 0 bridgehead atoms. The lowest BCUT2D eigenvalue weighted by molar-refractivity contribution is -0.156. The van der Waals surface area contributed by atoms with E-state index < -0.39 is 5.60 Å². The molecule has 1 aromatic rings. The van der Waals surface area contributed by atoms with Crippen LogP contribution in [-0.4, -0.2) is 40.0 Å². The number of aryl methyl sites for hydroxylation is 1. The van der Waals surface area contributed by atoms with Crippen molar-refractivity contribution in [1.82, 2.24) is 9.78 Å². The van der Waals surface area contributed by atoms with Crippen LogP contribution in [0.2, 0.25) is 0 Å². The number of anilines is 1. The molecule has 0 aliphatic carbocycles. The van der Waals surface area contributed by atoms with Gasteiger partial charge in [0.1, 0.15) is 11.6 Å². The number of hydrogen-bond donors (Lipinski definition) is 1. The van der Waals surface area contributed by atoms with Crippen molar-refractivity contribution in [2.75, 3.05) is 11.4 Å². The molecule has 20 heavy (non-hydrogen) atoms. The van der Waals surface area contributed by atoms with Gasteiger partial charge in [-0.05, 0) is 33.6 Å². The topological polar surface area (TPSA) is 73.4 Å².